The van der Waals surface area contributed by atoms with Gasteiger partial charge in [-0.05, 0) is 41.8 Å². The number of nitrogens with one attached hydrogen (secondary N) is 1. The maximum Gasteiger partial charge on any atom is 0.258 e. The minimum absolute atomic E-state index is 0.128. The minimum atomic E-state index is -0.276. The lowest BCUT2D eigenvalue weighted by Gasteiger charge is -2.14. The molecule has 1 saturated heterocycles. The summed E-state index contributed by atoms with van der Waals surface area (Å²) in [6.07, 6.45) is 0. The molecule has 4 nitrogen and oxygen atoms in total. The Hall–Kier alpha value is -1.86. The summed E-state index contributed by atoms with van der Waals surface area (Å²) >= 11 is 3.84. The maximum absolute atomic E-state index is 13.5. The number of hydrogen-bond donors (Lipinski definition) is 1. The molecule has 0 atom stereocenters. The molecule has 0 aromatic heterocycles. The van der Waals surface area contributed by atoms with E-state index in [-0.39, 0.29) is 24.9 Å². The molecule has 144 valence electrons. The van der Waals surface area contributed by atoms with E-state index >= 15 is 0 Å². The zero-order valence-corrected chi connectivity index (χ0v) is 16.9. The summed E-state index contributed by atoms with van der Waals surface area (Å²) in [5, 5.41) is 2.73. The smallest absolute Gasteiger partial charge is 0.258 e. The Labute approximate surface area is 167 Å². The number of carbonyl (C=O) groups is 1. The Morgan fingerprint density at radius 3 is 2.67 bits per heavy atom. The van der Waals surface area contributed by atoms with E-state index in [1.807, 2.05) is 41.7 Å². The molecule has 1 amide bonds. The number of aryl methyl sites for hydroxylation is 1. The van der Waals surface area contributed by atoms with Crippen LogP contribution in [0.5, 0.6) is 11.5 Å². The van der Waals surface area contributed by atoms with E-state index in [9.17, 15) is 9.18 Å². The molecule has 0 unspecified atom stereocenters. The number of methoxy groups -OCH3 is 1. The largest absolute Gasteiger partial charge is 0.493 e. The summed E-state index contributed by atoms with van der Waals surface area (Å²) in [4.78, 5) is 12.0. The molecule has 1 aliphatic heterocycles. The first-order valence-corrected chi connectivity index (χ1v) is 10.7. The number of hydrogen-bond acceptors (Lipinski definition) is 5. The van der Waals surface area contributed by atoms with Crippen molar-refractivity contribution in [1.29, 1.82) is 0 Å². The highest BCUT2D eigenvalue weighted by Gasteiger charge is 2.20. The standard InChI is InChI=1S/C20H22FNO3S2/c1-13-3-4-14(9-16(13)21)11-22-19(23)12-25-17-6-5-15(10-18(17)24-2)20-26-7-8-27-20/h3-6,9-10,20H,7-8,11-12H2,1-2H3,(H,22,23). The molecule has 1 aliphatic rings. The monoisotopic (exact) mass is 407 g/mol. The summed E-state index contributed by atoms with van der Waals surface area (Å²) in [5.41, 5.74) is 2.48. The maximum atomic E-state index is 13.5. The van der Waals surface area contributed by atoms with Gasteiger partial charge in [0.1, 0.15) is 5.82 Å². The van der Waals surface area contributed by atoms with Crippen LogP contribution in [-0.4, -0.2) is 31.1 Å². The van der Waals surface area contributed by atoms with Gasteiger partial charge < -0.3 is 14.8 Å². The van der Waals surface area contributed by atoms with Gasteiger partial charge in [-0.3, -0.25) is 4.79 Å². The van der Waals surface area contributed by atoms with Crippen LogP contribution in [0.3, 0.4) is 0 Å². The van der Waals surface area contributed by atoms with E-state index in [4.69, 9.17) is 9.47 Å². The number of carbonyl (C=O) groups excluding carboxylic acids is 1. The van der Waals surface area contributed by atoms with E-state index in [0.29, 0.717) is 27.2 Å². The Morgan fingerprint density at radius 1 is 1.19 bits per heavy atom. The van der Waals surface area contributed by atoms with E-state index in [2.05, 4.69) is 5.32 Å². The number of benzene rings is 2. The SMILES string of the molecule is COc1cc(C2SCCS2)ccc1OCC(=O)NCc1ccc(C)c(F)c1. The molecular weight excluding hydrogens is 385 g/mol. The van der Waals surface area contributed by atoms with Gasteiger partial charge in [0, 0.05) is 18.1 Å². The summed E-state index contributed by atoms with van der Waals surface area (Å²) in [7, 11) is 1.59. The molecular formula is C20H22FNO3S2. The van der Waals surface area contributed by atoms with Gasteiger partial charge in [0.05, 0.1) is 11.7 Å². The van der Waals surface area contributed by atoms with Crippen molar-refractivity contribution in [2.24, 2.45) is 0 Å². The van der Waals surface area contributed by atoms with Crippen molar-refractivity contribution in [1.82, 2.24) is 5.32 Å². The topological polar surface area (TPSA) is 47.6 Å². The van der Waals surface area contributed by atoms with Gasteiger partial charge in [0.2, 0.25) is 0 Å². The van der Waals surface area contributed by atoms with Crippen molar-refractivity contribution >= 4 is 29.4 Å². The zero-order chi connectivity index (χ0) is 19.2. The first-order chi connectivity index (χ1) is 13.1. The lowest BCUT2D eigenvalue weighted by atomic mass is 10.1. The molecule has 1 heterocycles. The number of thioether (sulfide) groups is 2. The molecule has 2 aromatic rings. The lowest BCUT2D eigenvalue weighted by Crippen LogP contribution is -2.28. The van der Waals surface area contributed by atoms with Crippen molar-refractivity contribution in [3.63, 3.8) is 0 Å². The highest BCUT2D eigenvalue weighted by Crippen LogP contribution is 2.46. The molecule has 0 radical (unpaired) electrons. The predicted molar refractivity (Wildman–Crippen MR) is 109 cm³/mol. The van der Waals surface area contributed by atoms with E-state index in [1.165, 1.54) is 11.6 Å². The van der Waals surface area contributed by atoms with Crippen LogP contribution >= 0.6 is 23.5 Å². The highest BCUT2D eigenvalue weighted by atomic mass is 32.2. The first-order valence-electron chi connectivity index (χ1n) is 8.62. The number of halogens is 1. The second-order valence-corrected chi connectivity index (χ2v) is 8.86. The highest BCUT2D eigenvalue weighted by molar-refractivity contribution is 8.19. The average molecular weight is 408 g/mol. The van der Waals surface area contributed by atoms with Crippen molar-refractivity contribution in [3.05, 3.63) is 58.9 Å². The van der Waals surface area contributed by atoms with Crippen molar-refractivity contribution in [2.45, 2.75) is 18.1 Å². The van der Waals surface area contributed by atoms with Crippen molar-refractivity contribution < 1.29 is 18.7 Å². The first kappa shape index (κ1) is 19.9. The Balaban J connectivity index is 1.53. The molecule has 0 spiro atoms. The van der Waals surface area contributed by atoms with Crippen LogP contribution in [0, 0.1) is 12.7 Å². The van der Waals surface area contributed by atoms with Crippen molar-refractivity contribution in [3.8, 4) is 11.5 Å². The second kappa shape index (κ2) is 9.37. The van der Waals surface area contributed by atoms with Crippen LogP contribution in [0.25, 0.3) is 0 Å². The third-order valence-corrected chi connectivity index (χ3v) is 7.27. The molecule has 2 aromatic carbocycles. The average Bonchev–Trinajstić information content (AvgIpc) is 3.22. The van der Waals surface area contributed by atoms with Gasteiger partial charge in [-0.25, -0.2) is 4.39 Å². The molecule has 3 rings (SSSR count). The molecule has 27 heavy (non-hydrogen) atoms. The van der Waals surface area contributed by atoms with Crippen LogP contribution in [0.1, 0.15) is 21.3 Å². The van der Waals surface area contributed by atoms with Gasteiger partial charge in [-0.2, -0.15) is 0 Å². The lowest BCUT2D eigenvalue weighted by molar-refractivity contribution is -0.123. The summed E-state index contributed by atoms with van der Waals surface area (Å²) in [6, 6.07) is 10.7. The Bertz CT molecular complexity index is 810. The van der Waals surface area contributed by atoms with Gasteiger partial charge >= 0.3 is 0 Å². The normalized spacial score (nSPS) is 14.2. The summed E-state index contributed by atoms with van der Waals surface area (Å²) in [6.45, 7) is 1.83. The predicted octanol–water partition coefficient (Wildman–Crippen LogP) is 4.32. The molecule has 1 N–H and O–H groups in total. The van der Waals surface area contributed by atoms with Crippen LogP contribution < -0.4 is 14.8 Å². The van der Waals surface area contributed by atoms with Gasteiger partial charge in [-0.1, -0.05) is 18.2 Å². The third kappa shape index (κ3) is 5.32. The molecule has 1 fully saturated rings. The minimum Gasteiger partial charge on any atom is -0.493 e. The number of rotatable bonds is 7. The molecule has 7 heteroatoms. The van der Waals surface area contributed by atoms with Gasteiger partial charge in [0.25, 0.3) is 5.91 Å². The summed E-state index contributed by atoms with van der Waals surface area (Å²) in [5.74, 6) is 2.91. The Kier molecular flexibility index (Phi) is 6.90. The van der Waals surface area contributed by atoms with Crippen LogP contribution in [0.2, 0.25) is 0 Å². The molecule has 0 aliphatic carbocycles. The quantitative estimate of drug-likeness (QED) is 0.741. The fourth-order valence-electron chi connectivity index (χ4n) is 2.64. The number of ether oxygens (including phenoxy) is 2. The summed E-state index contributed by atoms with van der Waals surface area (Å²) < 4.78 is 25.0. The third-order valence-electron chi connectivity index (χ3n) is 4.17. The van der Waals surface area contributed by atoms with E-state index in [0.717, 1.165) is 11.5 Å². The van der Waals surface area contributed by atoms with Gasteiger partial charge in [0.15, 0.2) is 18.1 Å². The fraction of sp³-hybridized carbons (Fsp3) is 0.350. The van der Waals surface area contributed by atoms with Crippen LogP contribution in [-0.2, 0) is 11.3 Å². The van der Waals surface area contributed by atoms with E-state index < -0.39 is 0 Å². The fourth-order valence-corrected chi connectivity index (χ4v) is 5.48. The Morgan fingerprint density at radius 2 is 1.96 bits per heavy atom. The number of amides is 1. The van der Waals surface area contributed by atoms with Crippen LogP contribution in [0.15, 0.2) is 36.4 Å². The zero-order valence-electron chi connectivity index (χ0n) is 15.3. The molecule has 0 bridgehead atoms. The van der Waals surface area contributed by atoms with Crippen molar-refractivity contribution in [2.75, 3.05) is 25.2 Å². The molecule has 0 saturated carbocycles. The van der Waals surface area contributed by atoms with E-state index in [1.54, 1.807) is 26.2 Å². The van der Waals surface area contributed by atoms with Gasteiger partial charge in [-0.15, -0.1) is 23.5 Å². The van der Waals surface area contributed by atoms with Crippen LogP contribution in [0.4, 0.5) is 4.39 Å². The second-order valence-electron chi connectivity index (χ2n) is 6.13.